The van der Waals surface area contributed by atoms with Crippen LogP contribution in [0.5, 0.6) is 0 Å². The van der Waals surface area contributed by atoms with E-state index in [1.165, 1.54) is 38.5 Å². The first kappa shape index (κ1) is 18.0. The highest BCUT2D eigenvalue weighted by Gasteiger charge is 1.95. The molecule has 0 saturated heterocycles. The Balaban J connectivity index is 2.07. The molecule has 0 unspecified atom stereocenters. The summed E-state index contributed by atoms with van der Waals surface area (Å²) in [4.78, 5) is 11.7. The lowest BCUT2D eigenvalue weighted by Gasteiger charge is -2.02. The van der Waals surface area contributed by atoms with Gasteiger partial charge >= 0.3 is 0 Å². The standard InChI is InChI=1S/C18H26BrNO/c1-2-3-4-5-6-7-8-15-20-18(21)14-11-16-9-12-17(19)13-10-16/h9-14H,2-8,15H2,1H3,(H,20,21)/b14-11+. The Bertz CT molecular complexity index is 425. The van der Waals surface area contributed by atoms with Gasteiger partial charge in [-0.15, -0.1) is 0 Å². The van der Waals surface area contributed by atoms with Crippen LogP contribution in [0.3, 0.4) is 0 Å². The lowest BCUT2D eigenvalue weighted by atomic mass is 10.1. The quantitative estimate of drug-likeness (QED) is 0.448. The maximum atomic E-state index is 11.7. The van der Waals surface area contributed by atoms with Crippen molar-refractivity contribution in [2.45, 2.75) is 51.9 Å². The molecule has 1 aromatic carbocycles. The maximum absolute atomic E-state index is 11.7. The molecule has 0 bridgehead atoms. The van der Waals surface area contributed by atoms with Crippen LogP contribution < -0.4 is 5.32 Å². The highest BCUT2D eigenvalue weighted by molar-refractivity contribution is 9.10. The number of benzene rings is 1. The van der Waals surface area contributed by atoms with Crippen molar-refractivity contribution in [3.05, 3.63) is 40.4 Å². The van der Waals surface area contributed by atoms with Gasteiger partial charge in [-0.05, 0) is 30.2 Å². The highest BCUT2D eigenvalue weighted by Crippen LogP contribution is 2.11. The Kier molecular flexibility index (Phi) is 9.88. The van der Waals surface area contributed by atoms with Crippen LogP contribution in [0.25, 0.3) is 6.08 Å². The van der Waals surface area contributed by atoms with Crippen molar-refractivity contribution in [1.29, 1.82) is 0 Å². The zero-order valence-electron chi connectivity index (χ0n) is 12.9. The largest absolute Gasteiger partial charge is 0.353 e. The summed E-state index contributed by atoms with van der Waals surface area (Å²) in [6.07, 6.45) is 12.3. The molecule has 0 saturated carbocycles. The number of hydrogen-bond acceptors (Lipinski definition) is 1. The van der Waals surface area contributed by atoms with E-state index in [4.69, 9.17) is 0 Å². The van der Waals surface area contributed by atoms with Crippen LogP contribution in [-0.4, -0.2) is 12.5 Å². The van der Waals surface area contributed by atoms with E-state index in [1.807, 2.05) is 30.3 Å². The van der Waals surface area contributed by atoms with E-state index in [1.54, 1.807) is 6.08 Å². The summed E-state index contributed by atoms with van der Waals surface area (Å²) in [6.45, 7) is 3.01. The lowest BCUT2D eigenvalue weighted by molar-refractivity contribution is -0.116. The van der Waals surface area contributed by atoms with E-state index in [-0.39, 0.29) is 5.91 Å². The molecule has 1 amide bonds. The average Bonchev–Trinajstić information content (AvgIpc) is 2.49. The summed E-state index contributed by atoms with van der Waals surface area (Å²) in [5.41, 5.74) is 1.03. The van der Waals surface area contributed by atoms with E-state index >= 15 is 0 Å². The average molecular weight is 352 g/mol. The number of nitrogens with one attached hydrogen (secondary N) is 1. The molecule has 1 aromatic rings. The van der Waals surface area contributed by atoms with Gasteiger partial charge in [-0.2, -0.15) is 0 Å². The molecule has 0 fully saturated rings. The van der Waals surface area contributed by atoms with Crippen molar-refractivity contribution in [2.75, 3.05) is 6.54 Å². The van der Waals surface area contributed by atoms with Crippen molar-refractivity contribution < 1.29 is 4.79 Å². The Morgan fingerprint density at radius 2 is 1.67 bits per heavy atom. The number of hydrogen-bond donors (Lipinski definition) is 1. The van der Waals surface area contributed by atoms with Gasteiger partial charge in [-0.1, -0.05) is 73.5 Å². The SMILES string of the molecule is CCCCCCCCCNC(=O)/C=C/c1ccc(Br)cc1. The van der Waals surface area contributed by atoms with Crippen LogP contribution in [-0.2, 0) is 4.79 Å². The van der Waals surface area contributed by atoms with Gasteiger partial charge in [0.05, 0.1) is 0 Å². The highest BCUT2D eigenvalue weighted by atomic mass is 79.9. The molecular weight excluding hydrogens is 326 g/mol. The summed E-state index contributed by atoms with van der Waals surface area (Å²) < 4.78 is 1.04. The van der Waals surface area contributed by atoms with E-state index in [0.29, 0.717) is 0 Å². The van der Waals surface area contributed by atoms with Crippen molar-refractivity contribution in [3.63, 3.8) is 0 Å². The van der Waals surface area contributed by atoms with Gasteiger partial charge in [-0.3, -0.25) is 4.79 Å². The topological polar surface area (TPSA) is 29.1 Å². The van der Waals surface area contributed by atoms with Gasteiger partial charge in [-0.25, -0.2) is 0 Å². The Hall–Kier alpha value is -1.09. The molecular formula is C18H26BrNO. The predicted octanol–water partition coefficient (Wildman–Crippen LogP) is 5.33. The predicted molar refractivity (Wildman–Crippen MR) is 94.2 cm³/mol. The first-order chi connectivity index (χ1) is 10.2. The summed E-state index contributed by atoms with van der Waals surface area (Å²) in [5.74, 6) is -0.0103. The molecule has 0 aromatic heterocycles. The second-order valence-corrected chi connectivity index (χ2v) is 6.21. The minimum Gasteiger partial charge on any atom is -0.353 e. The Labute approximate surface area is 137 Å². The normalized spacial score (nSPS) is 11.0. The number of carbonyl (C=O) groups is 1. The summed E-state index contributed by atoms with van der Waals surface area (Å²) in [5, 5.41) is 2.93. The fourth-order valence-electron chi connectivity index (χ4n) is 2.10. The third-order valence-corrected chi connectivity index (χ3v) is 3.91. The summed E-state index contributed by atoms with van der Waals surface area (Å²) in [7, 11) is 0. The number of amides is 1. The summed E-state index contributed by atoms with van der Waals surface area (Å²) >= 11 is 3.39. The van der Waals surface area contributed by atoms with Crippen LogP contribution in [0.4, 0.5) is 0 Å². The van der Waals surface area contributed by atoms with E-state index in [0.717, 1.165) is 23.0 Å². The van der Waals surface area contributed by atoms with Crippen LogP contribution in [0.2, 0.25) is 0 Å². The molecule has 1 N–H and O–H groups in total. The first-order valence-electron chi connectivity index (χ1n) is 7.94. The second kappa shape index (κ2) is 11.6. The van der Waals surface area contributed by atoms with E-state index < -0.39 is 0 Å². The van der Waals surface area contributed by atoms with Crippen LogP contribution in [0.1, 0.15) is 57.4 Å². The molecule has 0 heterocycles. The van der Waals surface area contributed by atoms with Crippen LogP contribution >= 0.6 is 15.9 Å². The molecule has 0 atom stereocenters. The van der Waals surface area contributed by atoms with Gasteiger partial charge in [0, 0.05) is 17.1 Å². The third kappa shape index (κ3) is 9.46. The van der Waals surface area contributed by atoms with Crippen LogP contribution in [0, 0.1) is 0 Å². The van der Waals surface area contributed by atoms with Gasteiger partial charge in [0.2, 0.25) is 5.91 Å². The first-order valence-corrected chi connectivity index (χ1v) is 8.73. The van der Waals surface area contributed by atoms with Gasteiger partial charge < -0.3 is 5.32 Å². The molecule has 21 heavy (non-hydrogen) atoms. The van der Waals surface area contributed by atoms with E-state index in [9.17, 15) is 4.79 Å². The molecule has 116 valence electrons. The lowest BCUT2D eigenvalue weighted by Crippen LogP contribution is -2.21. The monoisotopic (exact) mass is 351 g/mol. The molecule has 3 heteroatoms. The zero-order chi connectivity index (χ0) is 15.3. The molecule has 1 rings (SSSR count). The van der Waals surface area contributed by atoms with Crippen molar-refractivity contribution in [2.24, 2.45) is 0 Å². The molecule has 0 aliphatic rings. The maximum Gasteiger partial charge on any atom is 0.243 e. The van der Waals surface area contributed by atoms with Gasteiger partial charge in [0.25, 0.3) is 0 Å². The van der Waals surface area contributed by atoms with Gasteiger partial charge in [0.1, 0.15) is 0 Å². The minimum absolute atomic E-state index is 0.0103. The minimum atomic E-state index is -0.0103. The zero-order valence-corrected chi connectivity index (χ0v) is 14.5. The second-order valence-electron chi connectivity index (χ2n) is 5.30. The van der Waals surface area contributed by atoms with Crippen molar-refractivity contribution in [3.8, 4) is 0 Å². The molecule has 0 aliphatic heterocycles. The molecule has 0 radical (unpaired) electrons. The number of halogens is 1. The number of rotatable bonds is 10. The molecule has 2 nitrogen and oxygen atoms in total. The Morgan fingerprint density at radius 1 is 1.05 bits per heavy atom. The summed E-state index contributed by atoms with van der Waals surface area (Å²) in [6, 6.07) is 7.89. The number of carbonyl (C=O) groups excluding carboxylic acids is 1. The van der Waals surface area contributed by atoms with E-state index in [2.05, 4.69) is 28.2 Å². The van der Waals surface area contributed by atoms with Crippen molar-refractivity contribution >= 4 is 27.9 Å². The molecule has 0 spiro atoms. The molecule has 0 aliphatic carbocycles. The van der Waals surface area contributed by atoms with Crippen molar-refractivity contribution in [1.82, 2.24) is 5.32 Å². The fraction of sp³-hybridized carbons (Fsp3) is 0.500. The number of unbranched alkanes of at least 4 members (excludes halogenated alkanes) is 6. The smallest absolute Gasteiger partial charge is 0.243 e. The third-order valence-electron chi connectivity index (χ3n) is 3.38. The van der Waals surface area contributed by atoms with Crippen LogP contribution in [0.15, 0.2) is 34.8 Å². The fourth-order valence-corrected chi connectivity index (χ4v) is 2.36. The van der Waals surface area contributed by atoms with Gasteiger partial charge in [0.15, 0.2) is 0 Å². The Morgan fingerprint density at radius 3 is 2.33 bits per heavy atom.